The molecule has 0 saturated carbocycles. The van der Waals surface area contributed by atoms with Gasteiger partial charge in [-0.25, -0.2) is 4.39 Å². The summed E-state index contributed by atoms with van der Waals surface area (Å²) in [6, 6.07) is 2.55. The van der Waals surface area contributed by atoms with Crippen molar-refractivity contribution in [1.29, 1.82) is 0 Å². The van der Waals surface area contributed by atoms with Crippen LogP contribution in [0.4, 0.5) is 10.2 Å². The molecule has 2 aliphatic heterocycles. The van der Waals surface area contributed by atoms with Crippen LogP contribution in [0.2, 0.25) is 0 Å². The molecule has 0 radical (unpaired) electrons. The average molecular weight is 502 g/mol. The van der Waals surface area contributed by atoms with Gasteiger partial charge in [-0.05, 0) is 70.3 Å². The lowest BCUT2D eigenvalue weighted by molar-refractivity contribution is 0.188. The van der Waals surface area contributed by atoms with Crippen molar-refractivity contribution in [3.05, 3.63) is 47.6 Å². The summed E-state index contributed by atoms with van der Waals surface area (Å²) in [5, 5.41) is 8.63. The van der Waals surface area contributed by atoms with Crippen molar-refractivity contribution >= 4 is 27.6 Å². The maximum Gasteiger partial charge on any atom is 0.319 e. The van der Waals surface area contributed by atoms with Crippen LogP contribution in [0.5, 0.6) is 6.01 Å². The van der Waals surface area contributed by atoms with E-state index >= 15 is 4.39 Å². The number of likely N-dealkylation sites (tertiary alicyclic amines) is 1. The van der Waals surface area contributed by atoms with Crippen molar-refractivity contribution in [3.63, 3.8) is 0 Å². The smallest absolute Gasteiger partial charge is 0.319 e. The zero-order valence-electron chi connectivity index (χ0n) is 21.6. The number of nitrogens with one attached hydrogen (secondary N) is 1. The monoisotopic (exact) mass is 501 g/mol. The predicted molar refractivity (Wildman–Crippen MR) is 144 cm³/mol. The first kappa shape index (κ1) is 23.8. The van der Waals surface area contributed by atoms with Crippen LogP contribution in [0.1, 0.15) is 36.8 Å². The third kappa shape index (κ3) is 4.31. The molecule has 6 rings (SSSR count). The van der Waals surface area contributed by atoms with Crippen molar-refractivity contribution in [2.24, 2.45) is 0 Å². The van der Waals surface area contributed by atoms with Crippen LogP contribution in [0.25, 0.3) is 33.1 Å². The van der Waals surface area contributed by atoms with Crippen LogP contribution < -0.4 is 9.64 Å². The highest BCUT2D eigenvalue weighted by Crippen LogP contribution is 2.37. The minimum Gasteiger partial charge on any atom is -0.462 e. The molecular weight excluding hydrogens is 469 g/mol. The van der Waals surface area contributed by atoms with E-state index < -0.39 is 5.82 Å². The predicted octanol–water partition coefficient (Wildman–Crippen LogP) is 4.95. The zero-order valence-corrected chi connectivity index (χ0v) is 21.6. The number of benzene rings is 1. The van der Waals surface area contributed by atoms with Gasteiger partial charge in [0.05, 0.1) is 17.1 Å². The number of hydrogen-bond acceptors (Lipinski definition) is 7. The van der Waals surface area contributed by atoms with Gasteiger partial charge in [0.2, 0.25) is 0 Å². The van der Waals surface area contributed by atoms with E-state index in [9.17, 15) is 0 Å². The quantitative estimate of drug-likeness (QED) is 0.387. The molecule has 1 fully saturated rings. The van der Waals surface area contributed by atoms with E-state index in [1.165, 1.54) is 0 Å². The average Bonchev–Trinajstić information content (AvgIpc) is 3.43. The van der Waals surface area contributed by atoms with Crippen LogP contribution in [-0.4, -0.2) is 69.4 Å². The summed E-state index contributed by atoms with van der Waals surface area (Å²) in [6.45, 7) is 7.13. The van der Waals surface area contributed by atoms with Gasteiger partial charge in [-0.3, -0.25) is 10.1 Å². The third-order valence-electron chi connectivity index (χ3n) is 7.82. The summed E-state index contributed by atoms with van der Waals surface area (Å²) in [5.41, 5.74) is 4.09. The number of aromatic nitrogens is 5. The van der Waals surface area contributed by atoms with E-state index in [1.807, 2.05) is 19.9 Å². The van der Waals surface area contributed by atoms with Crippen LogP contribution in [0.3, 0.4) is 0 Å². The lowest BCUT2D eigenvalue weighted by Crippen LogP contribution is -2.31. The van der Waals surface area contributed by atoms with E-state index in [2.05, 4.69) is 49.2 Å². The number of pyridine rings is 1. The number of likely N-dealkylation sites (N-methyl/N-ethyl adjacent to an activating group) is 1. The Morgan fingerprint density at radius 1 is 1.08 bits per heavy atom. The fourth-order valence-electron chi connectivity index (χ4n) is 5.52. The van der Waals surface area contributed by atoms with Crippen LogP contribution in [0, 0.1) is 19.7 Å². The largest absolute Gasteiger partial charge is 0.462 e. The lowest BCUT2D eigenvalue weighted by atomic mass is 9.96. The van der Waals surface area contributed by atoms with E-state index in [4.69, 9.17) is 9.72 Å². The summed E-state index contributed by atoms with van der Waals surface area (Å²) in [4.78, 5) is 18.5. The second kappa shape index (κ2) is 9.70. The van der Waals surface area contributed by atoms with E-state index in [0.29, 0.717) is 23.9 Å². The molecule has 192 valence electrons. The van der Waals surface area contributed by atoms with Gasteiger partial charge in [-0.15, -0.1) is 0 Å². The molecule has 0 amide bonds. The Hall–Kier alpha value is -3.59. The molecule has 0 bridgehead atoms. The summed E-state index contributed by atoms with van der Waals surface area (Å²) >= 11 is 0. The van der Waals surface area contributed by atoms with Crippen molar-refractivity contribution < 1.29 is 9.13 Å². The van der Waals surface area contributed by atoms with Gasteiger partial charge in [0.1, 0.15) is 23.6 Å². The molecular formula is C28H32FN7O. The maximum absolute atomic E-state index is 16.4. The molecule has 0 aliphatic carbocycles. The molecule has 3 aromatic heterocycles. The Morgan fingerprint density at radius 3 is 2.65 bits per heavy atom. The summed E-state index contributed by atoms with van der Waals surface area (Å²) in [7, 11) is 2.11. The normalized spacial score (nSPS) is 18.7. The van der Waals surface area contributed by atoms with Gasteiger partial charge in [0, 0.05) is 36.3 Å². The summed E-state index contributed by atoms with van der Waals surface area (Å²) in [5.74, 6) is 0.212. The summed E-state index contributed by atoms with van der Waals surface area (Å²) < 4.78 is 22.6. The Kier molecular flexibility index (Phi) is 6.24. The molecule has 1 N–H and O–H groups in total. The van der Waals surface area contributed by atoms with Gasteiger partial charge in [-0.2, -0.15) is 15.1 Å². The van der Waals surface area contributed by atoms with Crippen molar-refractivity contribution in [3.8, 4) is 17.3 Å². The highest BCUT2D eigenvalue weighted by Gasteiger charge is 2.25. The fourth-order valence-corrected chi connectivity index (χ4v) is 5.52. The second-order valence-electron chi connectivity index (χ2n) is 10.2. The molecule has 9 heteroatoms. The minimum atomic E-state index is -0.465. The summed E-state index contributed by atoms with van der Waals surface area (Å²) in [6.07, 6.45) is 11.8. The van der Waals surface area contributed by atoms with Gasteiger partial charge in [0.25, 0.3) is 0 Å². The van der Waals surface area contributed by atoms with Gasteiger partial charge < -0.3 is 14.5 Å². The Balaban J connectivity index is 1.49. The van der Waals surface area contributed by atoms with E-state index in [0.717, 1.165) is 72.9 Å². The highest BCUT2D eigenvalue weighted by atomic mass is 19.1. The van der Waals surface area contributed by atoms with Crippen molar-refractivity contribution in [2.45, 2.75) is 45.6 Å². The first-order valence-corrected chi connectivity index (χ1v) is 13.0. The molecule has 1 atom stereocenters. The Bertz CT molecular complexity index is 1490. The first-order valence-electron chi connectivity index (χ1n) is 13.0. The van der Waals surface area contributed by atoms with E-state index in [1.54, 1.807) is 12.4 Å². The number of aromatic amines is 1. The molecule has 0 spiro atoms. The number of halogens is 1. The van der Waals surface area contributed by atoms with Crippen LogP contribution >= 0.6 is 0 Å². The van der Waals surface area contributed by atoms with Crippen molar-refractivity contribution in [2.75, 3.05) is 38.2 Å². The Morgan fingerprint density at radius 2 is 1.89 bits per heavy atom. The first-order chi connectivity index (χ1) is 18.0. The van der Waals surface area contributed by atoms with Gasteiger partial charge >= 0.3 is 6.01 Å². The molecule has 1 saturated heterocycles. The fraction of sp³-hybridized carbons (Fsp3) is 0.429. The standard InChI is InChI=1S/C28H32FN7O/c1-17-13-22-20(15-31-34-22)23(18(17)2)26-24(29)25-21(14-30-26)27(36-11-6-4-5-7-12-36)33-28(32-25)37-16-19-9-8-10-35(19)3/h4-5,13-15,19H,6-12,16H2,1-3H3,(H,31,34). The number of H-pyrrole nitrogens is 1. The molecule has 4 aromatic rings. The number of anilines is 1. The lowest BCUT2D eigenvalue weighted by Gasteiger charge is -2.24. The number of ether oxygens (including phenoxy) is 1. The Labute approximate surface area is 215 Å². The second-order valence-corrected chi connectivity index (χ2v) is 10.2. The van der Waals surface area contributed by atoms with E-state index in [-0.39, 0.29) is 17.2 Å². The topological polar surface area (TPSA) is 83.1 Å². The SMILES string of the molecule is Cc1cc2[nH]ncc2c(-c2ncc3c(N4CCC=CCC4)nc(OCC4CCCN4C)nc3c2F)c1C. The number of nitrogens with zero attached hydrogens (tertiary/aromatic N) is 6. The number of hydrogen-bond donors (Lipinski definition) is 1. The zero-order chi connectivity index (χ0) is 25.5. The minimum absolute atomic E-state index is 0.213. The molecule has 8 nitrogen and oxygen atoms in total. The highest BCUT2D eigenvalue weighted by molar-refractivity contribution is 5.99. The van der Waals surface area contributed by atoms with Gasteiger partial charge in [0.15, 0.2) is 5.82 Å². The third-order valence-corrected chi connectivity index (χ3v) is 7.82. The molecule has 2 aliphatic rings. The van der Waals surface area contributed by atoms with Crippen LogP contribution in [-0.2, 0) is 0 Å². The molecule has 5 heterocycles. The maximum atomic E-state index is 16.4. The number of fused-ring (bicyclic) bond motifs is 2. The van der Waals surface area contributed by atoms with Crippen LogP contribution in [0.15, 0.2) is 30.6 Å². The number of aryl methyl sites for hydroxylation is 1. The number of rotatable bonds is 5. The van der Waals surface area contributed by atoms with Gasteiger partial charge in [-0.1, -0.05) is 12.2 Å². The molecule has 37 heavy (non-hydrogen) atoms. The van der Waals surface area contributed by atoms with Crippen molar-refractivity contribution in [1.82, 2.24) is 30.0 Å². The molecule has 1 unspecified atom stereocenters. The molecule has 1 aromatic carbocycles.